The molecule has 29 heavy (non-hydrogen) atoms. The molecule has 0 fully saturated rings. The van der Waals surface area contributed by atoms with Crippen molar-refractivity contribution in [1.82, 2.24) is 0 Å². The summed E-state index contributed by atoms with van der Waals surface area (Å²) in [6.07, 6.45) is 0. The molecule has 0 aromatic heterocycles. The highest BCUT2D eigenvalue weighted by molar-refractivity contribution is 5.79. The predicted molar refractivity (Wildman–Crippen MR) is 113 cm³/mol. The number of ether oxygens (including phenoxy) is 2. The Morgan fingerprint density at radius 1 is 0.793 bits per heavy atom. The van der Waals surface area contributed by atoms with Gasteiger partial charge in [0.15, 0.2) is 0 Å². The van der Waals surface area contributed by atoms with Gasteiger partial charge in [-0.1, -0.05) is 91.0 Å². The van der Waals surface area contributed by atoms with E-state index < -0.39 is 5.60 Å². The van der Waals surface area contributed by atoms with Crippen molar-refractivity contribution >= 4 is 5.97 Å². The molecule has 3 aromatic rings. The Hall–Kier alpha value is -3.17. The zero-order valence-electron chi connectivity index (χ0n) is 16.7. The first-order valence-corrected chi connectivity index (χ1v) is 9.85. The molecule has 0 aliphatic carbocycles. The Bertz CT molecular complexity index is 911. The maximum absolute atomic E-state index is 12.0. The molecule has 1 atom stereocenters. The highest BCUT2D eigenvalue weighted by Crippen LogP contribution is 2.41. The van der Waals surface area contributed by atoms with Gasteiger partial charge in [-0.15, -0.1) is 0 Å². The monoisotopic (exact) mass is 384 g/mol. The lowest BCUT2D eigenvalue weighted by Gasteiger charge is -2.36. The maximum Gasteiger partial charge on any atom is 0.318 e. The number of carbonyl (C=O) groups excluding carboxylic acids is 1. The van der Waals surface area contributed by atoms with E-state index in [1.807, 2.05) is 68.4 Å². The van der Waals surface area contributed by atoms with Crippen LogP contribution in [0.2, 0.25) is 0 Å². The predicted octanol–water partition coefficient (Wildman–Crippen LogP) is 5.46. The summed E-state index contributed by atoms with van der Waals surface area (Å²) in [5, 5.41) is 0. The van der Waals surface area contributed by atoms with Gasteiger partial charge in [-0.25, -0.2) is 0 Å². The first kappa shape index (κ1) is 19.2. The smallest absolute Gasteiger partial charge is 0.318 e. The summed E-state index contributed by atoms with van der Waals surface area (Å²) in [5.41, 5.74) is 3.17. The van der Waals surface area contributed by atoms with Gasteiger partial charge in [0, 0.05) is 0 Å². The second-order valence-electron chi connectivity index (χ2n) is 7.32. The summed E-state index contributed by atoms with van der Waals surface area (Å²) in [5.74, 6) is 0.161. The largest absolute Gasteiger partial charge is 0.428 e. The standard InChI is InChI=1S/C26H24O3/c1-19-20(2)25(27)29-24(19)18-28-26(21-12-6-3-7-13-21,22-14-8-4-9-15-22)23-16-10-5-11-17-23/h3-17,20H,18H2,1-2H3. The van der Waals surface area contributed by atoms with E-state index in [2.05, 4.69) is 36.4 Å². The van der Waals surface area contributed by atoms with Crippen molar-refractivity contribution in [2.24, 2.45) is 5.92 Å². The van der Waals surface area contributed by atoms with Crippen LogP contribution in [0, 0.1) is 5.92 Å². The molecule has 4 rings (SSSR count). The molecule has 0 radical (unpaired) electrons. The van der Waals surface area contributed by atoms with Crippen LogP contribution in [0.5, 0.6) is 0 Å². The fourth-order valence-corrected chi connectivity index (χ4v) is 3.79. The molecule has 3 nitrogen and oxygen atoms in total. The van der Waals surface area contributed by atoms with E-state index in [1.54, 1.807) is 0 Å². The van der Waals surface area contributed by atoms with Crippen LogP contribution in [0.1, 0.15) is 30.5 Å². The summed E-state index contributed by atoms with van der Waals surface area (Å²) in [6, 6.07) is 30.5. The quantitative estimate of drug-likeness (QED) is 0.418. The van der Waals surface area contributed by atoms with Gasteiger partial charge in [0.2, 0.25) is 0 Å². The lowest BCUT2D eigenvalue weighted by Crippen LogP contribution is -2.33. The topological polar surface area (TPSA) is 35.5 Å². The molecule has 1 aliphatic rings. The van der Waals surface area contributed by atoms with Crippen molar-refractivity contribution in [3.8, 4) is 0 Å². The third-order valence-electron chi connectivity index (χ3n) is 5.63. The molecule has 0 amide bonds. The van der Waals surface area contributed by atoms with Crippen molar-refractivity contribution in [3.63, 3.8) is 0 Å². The molecule has 3 aromatic carbocycles. The second-order valence-corrected chi connectivity index (χ2v) is 7.32. The minimum atomic E-state index is -0.824. The van der Waals surface area contributed by atoms with Gasteiger partial charge < -0.3 is 9.47 Å². The maximum atomic E-state index is 12.0. The van der Waals surface area contributed by atoms with Gasteiger partial charge in [-0.3, -0.25) is 4.79 Å². The normalized spacial score (nSPS) is 16.8. The number of cyclic esters (lactones) is 1. The average Bonchev–Trinajstić information content (AvgIpc) is 3.03. The van der Waals surface area contributed by atoms with Crippen LogP contribution in [0.15, 0.2) is 102 Å². The number of esters is 1. The SMILES string of the molecule is CC1=C(COC(c2ccccc2)(c2ccccc2)c2ccccc2)OC(=O)C1C. The Morgan fingerprint density at radius 2 is 1.21 bits per heavy atom. The summed E-state index contributed by atoms with van der Waals surface area (Å²) >= 11 is 0. The second kappa shape index (κ2) is 8.06. The Morgan fingerprint density at radius 3 is 1.55 bits per heavy atom. The number of hydrogen-bond acceptors (Lipinski definition) is 3. The zero-order chi connectivity index (χ0) is 20.3. The van der Waals surface area contributed by atoms with Crippen LogP contribution in [-0.2, 0) is 19.9 Å². The molecular formula is C26H24O3. The average molecular weight is 384 g/mol. The summed E-state index contributed by atoms with van der Waals surface area (Å²) in [4.78, 5) is 12.0. The molecule has 146 valence electrons. The van der Waals surface area contributed by atoms with E-state index in [1.165, 1.54) is 0 Å². The summed E-state index contributed by atoms with van der Waals surface area (Å²) in [7, 11) is 0. The Kier molecular flexibility index (Phi) is 5.32. The molecule has 0 saturated heterocycles. The Balaban J connectivity index is 1.86. The fraction of sp³-hybridized carbons (Fsp3) is 0.192. The van der Waals surface area contributed by atoms with Crippen LogP contribution in [0.3, 0.4) is 0 Å². The lowest BCUT2D eigenvalue weighted by molar-refractivity contribution is -0.140. The molecule has 0 N–H and O–H groups in total. The van der Waals surface area contributed by atoms with E-state index in [-0.39, 0.29) is 18.5 Å². The van der Waals surface area contributed by atoms with Crippen molar-refractivity contribution < 1.29 is 14.3 Å². The van der Waals surface area contributed by atoms with Crippen LogP contribution >= 0.6 is 0 Å². The van der Waals surface area contributed by atoms with E-state index >= 15 is 0 Å². The van der Waals surface area contributed by atoms with Gasteiger partial charge in [0.05, 0.1) is 5.92 Å². The highest BCUT2D eigenvalue weighted by Gasteiger charge is 2.39. The summed E-state index contributed by atoms with van der Waals surface area (Å²) < 4.78 is 12.2. The number of carbonyl (C=O) groups is 1. The van der Waals surface area contributed by atoms with Gasteiger partial charge in [-0.2, -0.15) is 0 Å². The molecule has 3 heteroatoms. The van der Waals surface area contributed by atoms with Crippen LogP contribution < -0.4 is 0 Å². The number of hydrogen-bond donors (Lipinski definition) is 0. The molecular weight excluding hydrogens is 360 g/mol. The van der Waals surface area contributed by atoms with E-state index in [9.17, 15) is 4.79 Å². The van der Waals surface area contributed by atoms with Crippen molar-refractivity contribution in [1.29, 1.82) is 0 Å². The third kappa shape index (κ3) is 3.50. The van der Waals surface area contributed by atoms with Crippen molar-refractivity contribution in [3.05, 3.63) is 119 Å². The van der Waals surface area contributed by atoms with Gasteiger partial charge in [-0.05, 0) is 36.1 Å². The first-order valence-electron chi connectivity index (χ1n) is 9.85. The summed E-state index contributed by atoms with van der Waals surface area (Å²) in [6.45, 7) is 4.01. The van der Waals surface area contributed by atoms with Gasteiger partial charge >= 0.3 is 5.97 Å². The number of benzene rings is 3. The first-order chi connectivity index (χ1) is 14.1. The zero-order valence-corrected chi connectivity index (χ0v) is 16.7. The Labute approximate surface area is 171 Å². The third-order valence-corrected chi connectivity index (χ3v) is 5.63. The fourth-order valence-electron chi connectivity index (χ4n) is 3.79. The van der Waals surface area contributed by atoms with Crippen molar-refractivity contribution in [2.75, 3.05) is 6.61 Å². The van der Waals surface area contributed by atoms with Crippen LogP contribution in [-0.4, -0.2) is 12.6 Å². The molecule has 1 aliphatic heterocycles. The van der Waals surface area contributed by atoms with Gasteiger partial charge in [0.25, 0.3) is 0 Å². The van der Waals surface area contributed by atoms with E-state index in [0.717, 1.165) is 22.3 Å². The molecule has 0 spiro atoms. The minimum Gasteiger partial charge on any atom is -0.428 e. The number of rotatable bonds is 6. The van der Waals surface area contributed by atoms with E-state index in [0.29, 0.717) is 5.76 Å². The van der Waals surface area contributed by atoms with Crippen molar-refractivity contribution in [2.45, 2.75) is 19.4 Å². The molecule has 0 saturated carbocycles. The molecule has 0 bridgehead atoms. The van der Waals surface area contributed by atoms with Crippen LogP contribution in [0.4, 0.5) is 0 Å². The van der Waals surface area contributed by atoms with Crippen LogP contribution in [0.25, 0.3) is 0 Å². The lowest BCUT2D eigenvalue weighted by atomic mass is 9.80. The van der Waals surface area contributed by atoms with Gasteiger partial charge in [0.1, 0.15) is 18.0 Å². The minimum absolute atomic E-state index is 0.209. The van der Waals surface area contributed by atoms with E-state index in [4.69, 9.17) is 9.47 Å². The highest BCUT2D eigenvalue weighted by atomic mass is 16.6. The molecule has 1 unspecified atom stereocenters. The molecule has 1 heterocycles.